The largest absolute Gasteiger partial charge is 0.482 e. The third kappa shape index (κ3) is 2.30. The Kier molecular flexibility index (Phi) is 3.23. The van der Waals surface area contributed by atoms with Gasteiger partial charge in [-0.2, -0.15) is 0 Å². The highest BCUT2D eigenvalue weighted by atomic mass is 16.5. The van der Waals surface area contributed by atoms with Crippen molar-refractivity contribution in [3.05, 3.63) is 23.8 Å². The number of benzene rings is 1. The lowest BCUT2D eigenvalue weighted by molar-refractivity contribution is -0.139. The average Bonchev–Trinajstić information content (AvgIpc) is 2.28. The van der Waals surface area contributed by atoms with Crippen LogP contribution in [0.25, 0.3) is 0 Å². The summed E-state index contributed by atoms with van der Waals surface area (Å²) in [6, 6.07) is 5.08. The van der Waals surface area contributed by atoms with Crippen LogP contribution in [0, 0.1) is 5.92 Å². The Bertz CT molecular complexity index is 496. The van der Waals surface area contributed by atoms with Crippen molar-refractivity contribution in [1.82, 2.24) is 0 Å². The van der Waals surface area contributed by atoms with Crippen molar-refractivity contribution in [2.24, 2.45) is 5.92 Å². The number of hydrogen-bond donors (Lipinski definition) is 2. The molecule has 0 aromatic heterocycles. The van der Waals surface area contributed by atoms with Crippen molar-refractivity contribution >= 4 is 17.6 Å². The molecule has 96 valence electrons. The van der Waals surface area contributed by atoms with E-state index in [0.29, 0.717) is 17.0 Å². The summed E-state index contributed by atoms with van der Waals surface area (Å²) in [5, 5.41) is 11.9. The lowest BCUT2D eigenvalue weighted by atomic mass is 9.88. The van der Waals surface area contributed by atoms with E-state index >= 15 is 0 Å². The van der Waals surface area contributed by atoms with Gasteiger partial charge in [-0.3, -0.25) is 9.59 Å². The highest BCUT2D eigenvalue weighted by Gasteiger charge is 2.25. The van der Waals surface area contributed by atoms with Gasteiger partial charge in [-0.1, -0.05) is 19.9 Å². The van der Waals surface area contributed by atoms with Crippen LogP contribution in [0.2, 0.25) is 0 Å². The highest BCUT2D eigenvalue weighted by molar-refractivity contribution is 5.95. The molecule has 2 N–H and O–H groups in total. The van der Waals surface area contributed by atoms with Gasteiger partial charge in [0.25, 0.3) is 5.91 Å². The first-order chi connectivity index (χ1) is 8.49. The predicted octanol–water partition coefficient (Wildman–Crippen LogP) is 1.84. The number of carboxylic acids is 1. The van der Waals surface area contributed by atoms with Gasteiger partial charge in [0.1, 0.15) is 5.75 Å². The fourth-order valence-corrected chi connectivity index (χ4v) is 2.10. The standard InChI is InChI=1S/C13H15NO4/c1-7(2)12(13(16)17)8-3-4-9-10(5-8)18-6-11(15)14-9/h3-5,7,12H,6H2,1-2H3,(H,14,15)(H,16,17). The van der Waals surface area contributed by atoms with Crippen molar-refractivity contribution in [1.29, 1.82) is 0 Å². The average molecular weight is 249 g/mol. The number of ether oxygens (including phenoxy) is 1. The molecule has 0 spiro atoms. The molecule has 1 atom stereocenters. The van der Waals surface area contributed by atoms with Crippen LogP contribution in [0.3, 0.4) is 0 Å². The van der Waals surface area contributed by atoms with E-state index in [9.17, 15) is 14.7 Å². The summed E-state index contributed by atoms with van der Waals surface area (Å²) in [6.07, 6.45) is 0. The van der Waals surface area contributed by atoms with Crippen LogP contribution in [-0.2, 0) is 9.59 Å². The number of anilines is 1. The number of carbonyl (C=O) groups is 2. The van der Waals surface area contributed by atoms with Gasteiger partial charge < -0.3 is 15.2 Å². The maximum atomic E-state index is 11.3. The molecule has 0 saturated carbocycles. The van der Waals surface area contributed by atoms with Gasteiger partial charge in [0.15, 0.2) is 6.61 Å². The van der Waals surface area contributed by atoms with Crippen LogP contribution in [0.15, 0.2) is 18.2 Å². The molecule has 1 heterocycles. The first-order valence-corrected chi connectivity index (χ1v) is 5.78. The minimum atomic E-state index is -0.857. The molecule has 1 aliphatic heterocycles. The molecule has 1 aromatic carbocycles. The van der Waals surface area contributed by atoms with Gasteiger partial charge in [0, 0.05) is 0 Å². The minimum absolute atomic E-state index is 0.0151. The van der Waals surface area contributed by atoms with E-state index in [1.807, 2.05) is 13.8 Å². The Morgan fingerprint density at radius 2 is 2.17 bits per heavy atom. The predicted molar refractivity (Wildman–Crippen MR) is 65.8 cm³/mol. The van der Waals surface area contributed by atoms with Gasteiger partial charge in [-0.15, -0.1) is 0 Å². The van der Waals surface area contributed by atoms with E-state index in [0.717, 1.165) is 0 Å². The zero-order valence-electron chi connectivity index (χ0n) is 10.3. The molecule has 1 unspecified atom stereocenters. The van der Waals surface area contributed by atoms with Crippen LogP contribution < -0.4 is 10.1 Å². The maximum Gasteiger partial charge on any atom is 0.311 e. The first kappa shape index (κ1) is 12.4. The maximum absolute atomic E-state index is 11.3. The number of carbonyl (C=O) groups excluding carboxylic acids is 1. The molecule has 0 fully saturated rings. The van der Waals surface area contributed by atoms with Crippen LogP contribution in [0.5, 0.6) is 5.75 Å². The zero-order chi connectivity index (χ0) is 13.3. The second-order valence-electron chi connectivity index (χ2n) is 4.65. The topological polar surface area (TPSA) is 75.6 Å². The third-order valence-corrected chi connectivity index (χ3v) is 2.93. The summed E-state index contributed by atoms with van der Waals surface area (Å²) in [5.41, 5.74) is 1.27. The molecular formula is C13H15NO4. The highest BCUT2D eigenvalue weighted by Crippen LogP contribution is 2.33. The number of hydrogen-bond acceptors (Lipinski definition) is 3. The molecule has 5 heteroatoms. The van der Waals surface area contributed by atoms with Crippen LogP contribution in [0.1, 0.15) is 25.3 Å². The molecule has 18 heavy (non-hydrogen) atoms. The van der Waals surface area contributed by atoms with Crippen LogP contribution in [-0.4, -0.2) is 23.6 Å². The van der Waals surface area contributed by atoms with E-state index in [4.69, 9.17) is 4.74 Å². The molecule has 5 nitrogen and oxygen atoms in total. The van der Waals surface area contributed by atoms with Crippen molar-refractivity contribution < 1.29 is 19.4 Å². The number of fused-ring (bicyclic) bond motifs is 1. The van der Waals surface area contributed by atoms with E-state index in [2.05, 4.69) is 5.32 Å². The van der Waals surface area contributed by atoms with Gasteiger partial charge in [-0.05, 0) is 23.6 Å². The monoisotopic (exact) mass is 249 g/mol. The van der Waals surface area contributed by atoms with E-state index in [1.165, 1.54) is 0 Å². The van der Waals surface area contributed by atoms with Gasteiger partial charge >= 0.3 is 5.97 Å². The molecular weight excluding hydrogens is 234 g/mol. The van der Waals surface area contributed by atoms with Crippen molar-refractivity contribution in [3.63, 3.8) is 0 Å². The molecule has 0 aliphatic carbocycles. The second-order valence-corrected chi connectivity index (χ2v) is 4.65. The summed E-state index contributed by atoms with van der Waals surface area (Å²) in [5.74, 6) is -1.12. The van der Waals surface area contributed by atoms with Crippen LogP contribution in [0.4, 0.5) is 5.69 Å². The number of aliphatic carboxylic acids is 1. The SMILES string of the molecule is CC(C)C(C(=O)O)c1ccc2c(c1)OCC(=O)N2. The van der Waals surface area contributed by atoms with Crippen molar-refractivity contribution in [2.75, 3.05) is 11.9 Å². The first-order valence-electron chi connectivity index (χ1n) is 5.78. The zero-order valence-corrected chi connectivity index (χ0v) is 10.3. The molecule has 1 aliphatic rings. The smallest absolute Gasteiger partial charge is 0.311 e. The lowest BCUT2D eigenvalue weighted by Crippen LogP contribution is -2.26. The van der Waals surface area contributed by atoms with E-state index in [1.54, 1.807) is 18.2 Å². The summed E-state index contributed by atoms with van der Waals surface area (Å²) in [4.78, 5) is 22.4. The lowest BCUT2D eigenvalue weighted by Gasteiger charge is -2.21. The fourth-order valence-electron chi connectivity index (χ4n) is 2.10. The second kappa shape index (κ2) is 4.68. The summed E-state index contributed by atoms with van der Waals surface area (Å²) < 4.78 is 5.28. The number of rotatable bonds is 3. The Hall–Kier alpha value is -2.04. The fraction of sp³-hybridized carbons (Fsp3) is 0.385. The number of carboxylic acid groups (broad SMARTS) is 1. The summed E-state index contributed by atoms with van der Waals surface area (Å²) >= 11 is 0. The quantitative estimate of drug-likeness (QED) is 0.857. The Labute approximate surface area is 105 Å². The van der Waals surface area contributed by atoms with Crippen molar-refractivity contribution in [2.45, 2.75) is 19.8 Å². The Morgan fingerprint density at radius 3 is 2.78 bits per heavy atom. The van der Waals surface area contributed by atoms with E-state index < -0.39 is 11.9 Å². The van der Waals surface area contributed by atoms with Crippen LogP contribution >= 0.6 is 0 Å². The van der Waals surface area contributed by atoms with Crippen molar-refractivity contribution in [3.8, 4) is 5.75 Å². The Morgan fingerprint density at radius 1 is 1.44 bits per heavy atom. The minimum Gasteiger partial charge on any atom is -0.482 e. The van der Waals surface area contributed by atoms with E-state index in [-0.39, 0.29) is 18.4 Å². The molecule has 0 radical (unpaired) electrons. The normalized spacial score (nSPS) is 15.6. The number of nitrogens with one attached hydrogen (secondary N) is 1. The molecule has 0 saturated heterocycles. The number of amides is 1. The molecule has 0 bridgehead atoms. The molecule has 2 rings (SSSR count). The van der Waals surface area contributed by atoms with Gasteiger partial charge in [-0.25, -0.2) is 0 Å². The summed E-state index contributed by atoms with van der Waals surface area (Å²) in [6.45, 7) is 3.69. The Balaban J connectivity index is 2.36. The molecule has 1 aromatic rings. The van der Waals surface area contributed by atoms with Gasteiger partial charge in [0.05, 0.1) is 11.6 Å². The summed E-state index contributed by atoms with van der Waals surface area (Å²) in [7, 11) is 0. The molecule has 1 amide bonds. The third-order valence-electron chi connectivity index (χ3n) is 2.93. The van der Waals surface area contributed by atoms with Gasteiger partial charge in [0.2, 0.25) is 0 Å².